The van der Waals surface area contributed by atoms with Crippen molar-refractivity contribution in [1.29, 1.82) is 0 Å². The number of hydrogen-bond donors (Lipinski definition) is 0. The van der Waals surface area contributed by atoms with E-state index in [4.69, 9.17) is 0 Å². The SMILES string of the molecule is CCC[C@@]1(C)C(/C=C2\N(C)c3ccccc3[C@@]2(C)CCC)=[N+](C)c2ccccc21. The average molecular weight is 388 g/mol. The van der Waals surface area contributed by atoms with Crippen LogP contribution in [0.15, 0.2) is 60.3 Å². The van der Waals surface area contributed by atoms with Crippen molar-refractivity contribution >= 4 is 17.1 Å². The number of likely N-dealkylation sites (N-methyl/N-ethyl adjacent to an activating group) is 1. The zero-order valence-electron chi connectivity index (χ0n) is 18.9. The van der Waals surface area contributed by atoms with Crippen molar-refractivity contribution in [2.75, 3.05) is 19.0 Å². The van der Waals surface area contributed by atoms with Gasteiger partial charge in [-0.15, -0.1) is 0 Å². The number of anilines is 1. The second-order valence-corrected chi connectivity index (χ2v) is 9.23. The molecule has 0 bridgehead atoms. The van der Waals surface area contributed by atoms with Crippen LogP contribution in [0.3, 0.4) is 0 Å². The van der Waals surface area contributed by atoms with E-state index in [1.165, 1.54) is 46.8 Å². The summed E-state index contributed by atoms with van der Waals surface area (Å²) in [4.78, 5) is 2.43. The summed E-state index contributed by atoms with van der Waals surface area (Å²) in [6, 6.07) is 17.9. The molecule has 2 aromatic carbocycles. The fourth-order valence-corrected chi connectivity index (χ4v) is 5.91. The van der Waals surface area contributed by atoms with Crippen molar-refractivity contribution in [3.05, 3.63) is 71.4 Å². The largest absolute Gasteiger partial charge is 0.347 e. The number of benzene rings is 2. The predicted octanol–water partition coefficient (Wildman–Crippen LogP) is 6.56. The van der Waals surface area contributed by atoms with Gasteiger partial charge in [-0.25, -0.2) is 0 Å². The Hall–Kier alpha value is -2.35. The lowest BCUT2D eigenvalue weighted by Crippen LogP contribution is -2.34. The molecule has 29 heavy (non-hydrogen) atoms. The molecule has 2 aromatic rings. The second kappa shape index (κ2) is 7.16. The summed E-state index contributed by atoms with van der Waals surface area (Å²) in [5.41, 5.74) is 8.59. The maximum absolute atomic E-state index is 2.52. The highest BCUT2D eigenvalue weighted by atomic mass is 15.2. The zero-order chi connectivity index (χ0) is 20.8. The molecule has 0 spiro atoms. The molecular weight excluding hydrogens is 352 g/mol. The third-order valence-electron chi connectivity index (χ3n) is 7.35. The highest BCUT2D eigenvalue weighted by Gasteiger charge is 2.48. The van der Waals surface area contributed by atoms with Gasteiger partial charge in [-0.1, -0.05) is 63.1 Å². The van der Waals surface area contributed by atoms with Gasteiger partial charge in [0.05, 0.1) is 5.41 Å². The van der Waals surface area contributed by atoms with Gasteiger partial charge in [0.1, 0.15) is 7.05 Å². The molecule has 0 saturated heterocycles. The van der Waals surface area contributed by atoms with E-state index in [9.17, 15) is 0 Å². The minimum absolute atomic E-state index is 0.0514. The van der Waals surface area contributed by atoms with Crippen LogP contribution in [0.1, 0.15) is 64.5 Å². The third kappa shape index (κ3) is 2.79. The molecule has 0 amide bonds. The minimum Gasteiger partial charge on any atom is -0.347 e. The van der Waals surface area contributed by atoms with Crippen molar-refractivity contribution in [3.8, 4) is 0 Å². The van der Waals surface area contributed by atoms with Crippen LogP contribution in [0.2, 0.25) is 0 Å². The van der Waals surface area contributed by atoms with Gasteiger partial charge in [0.2, 0.25) is 5.69 Å². The van der Waals surface area contributed by atoms with Gasteiger partial charge in [-0.3, -0.25) is 0 Å². The molecule has 2 nitrogen and oxygen atoms in total. The van der Waals surface area contributed by atoms with Gasteiger partial charge in [0, 0.05) is 41.6 Å². The fraction of sp³-hybridized carbons (Fsp3) is 0.444. The highest BCUT2D eigenvalue weighted by Crippen LogP contribution is 2.51. The number of hydrogen-bond acceptors (Lipinski definition) is 1. The van der Waals surface area contributed by atoms with E-state index in [1.807, 2.05) is 0 Å². The second-order valence-electron chi connectivity index (χ2n) is 9.23. The van der Waals surface area contributed by atoms with Crippen LogP contribution < -0.4 is 4.90 Å². The molecule has 0 N–H and O–H groups in total. The van der Waals surface area contributed by atoms with Crippen LogP contribution in [0.5, 0.6) is 0 Å². The summed E-state index contributed by atoms with van der Waals surface area (Å²) in [7, 11) is 4.48. The van der Waals surface area contributed by atoms with Crippen LogP contribution in [0.4, 0.5) is 11.4 Å². The van der Waals surface area contributed by atoms with E-state index in [1.54, 1.807) is 0 Å². The fourth-order valence-electron chi connectivity index (χ4n) is 5.91. The highest BCUT2D eigenvalue weighted by molar-refractivity contribution is 6.04. The molecule has 0 fully saturated rings. The Kier molecular flexibility index (Phi) is 4.93. The Bertz CT molecular complexity index is 999. The first-order chi connectivity index (χ1) is 13.9. The van der Waals surface area contributed by atoms with Crippen LogP contribution in [0.25, 0.3) is 0 Å². The van der Waals surface area contributed by atoms with E-state index in [-0.39, 0.29) is 10.8 Å². The van der Waals surface area contributed by atoms with E-state index in [0.29, 0.717) is 0 Å². The predicted molar refractivity (Wildman–Crippen MR) is 125 cm³/mol. The monoisotopic (exact) mass is 387 g/mol. The number of rotatable bonds is 5. The minimum atomic E-state index is 0.0514. The van der Waals surface area contributed by atoms with Crippen LogP contribution in [0, 0.1) is 0 Å². The lowest BCUT2D eigenvalue weighted by Gasteiger charge is -2.30. The Balaban J connectivity index is 1.92. The third-order valence-corrected chi connectivity index (χ3v) is 7.35. The van der Waals surface area contributed by atoms with Gasteiger partial charge in [0.15, 0.2) is 5.71 Å². The number of fused-ring (bicyclic) bond motifs is 2. The molecule has 2 aliphatic heterocycles. The Labute approximate surface area is 176 Å². The molecule has 0 aliphatic carbocycles. The zero-order valence-corrected chi connectivity index (χ0v) is 18.9. The van der Waals surface area contributed by atoms with E-state index in [0.717, 1.165) is 12.8 Å². The van der Waals surface area contributed by atoms with Crippen molar-refractivity contribution in [2.24, 2.45) is 0 Å². The van der Waals surface area contributed by atoms with Crippen molar-refractivity contribution in [3.63, 3.8) is 0 Å². The lowest BCUT2D eigenvalue weighted by molar-refractivity contribution is -0.401. The molecule has 152 valence electrons. The normalized spacial score (nSPS) is 27.0. The van der Waals surface area contributed by atoms with E-state index in [2.05, 4.69) is 106 Å². The van der Waals surface area contributed by atoms with Gasteiger partial charge in [-0.2, -0.15) is 4.58 Å². The van der Waals surface area contributed by atoms with Gasteiger partial charge >= 0.3 is 0 Å². The smallest absolute Gasteiger partial charge is 0.209 e. The Morgan fingerprint density at radius 2 is 1.45 bits per heavy atom. The summed E-state index contributed by atoms with van der Waals surface area (Å²) in [5.74, 6) is 0. The summed E-state index contributed by atoms with van der Waals surface area (Å²) in [6.07, 6.45) is 7.19. The molecule has 2 heterocycles. The van der Waals surface area contributed by atoms with Crippen LogP contribution >= 0.6 is 0 Å². The molecule has 4 rings (SSSR count). The van der Waals surface area contributed by atoms with Crippen LogP contribution in [-0.2, 0) is 10.8 Å². The number of allylic oxidation sites excluding steroid dienone is 2. The van der Waals surface area contributed by atoms with Gasteiger partial charge in [-0.05, 0) is 38.3 Å². The quantitative estimate of drug-likeness (QED) is 0.526. The van der Waals surface area contributed by atoms with Gasteiger partial charge < -0.3 is 4.90 Å². The standard InChI is InChI=1S/C27H35N2/c1-7-17-26(3)20-13-9-11-15-22(20)28(5)24(26)19-25-27(4,18-8-2)21-14-10-12-16-23(21)29(25)6/h9-16,19H,7-8,17-18H2,1-6H3/q+1/t26-,27-/m1/s1. The Morgan fingerprint density at radius 1 is 0.862 bits per heavy atom. The summed E-state index contributed by atoms with van der Waals surface area (Å²) < 4.78 is 2.43. The molecule has 2 heteroatoms. The maximum Gasteiger partial charge on any atom is 0.209 e. The summed E-state index contributed by atoms with van der Waals surface area (Å²) in [6.45, 7) is 9.47. The molecule has 0 aromatic heterocycles. The first-order valence-corrected chi connectivity index (χ1v) is 11.1. The van der Waals surface area contributed by atoms with E-state index < -0.39 is 0 Å². The Morgan fingerprint density at radius 3 is 2.14 bits per heavy atom. The summed E-state index contributed by atoms with van der Waals surface area (Å²) >= 11 is 0. The maximum atomic E-state index is 2.52. The van der Waals surface area contributed by atoms with Crippen molar-refractivity contribution in [2.45, 2.75) is 64.2 Å². The van der Waals surface area contributed by atoms with Crippen LogP contribution in [-0.4, -0.2) is 24.4 Å². The molecule has 0 saturated carbocycles. The lowest BCUT2D eigenvalue weighted by atomic mass is 9.73. The van der Waals surface area contributed by atoms with Crippen molar-refractivity contribution in [1.82, 2.24) is 0 Å². The first-order valence-electron chi connectivity index (χ1n) is 11.1. The number of nitrogens with zero attached hydrogens (tertiary/aromatic N) is 2. The molecule has 0 unspecified atom stereocenters. The number of para-hydroxylation sites is 2. The molecule has 0 radical (unpaired) electrons. The summed E-state index contributed by atoms with van der Waals surface area (Å²) in [5, 5.41) is 0. The van der Waals surface area contributed by atoms with Crippen molar-refractivity contribution < 1.29 is 4.58 Å². The molecular formula is C27H35N2+. The van der Waals surface area contributed by atoms with E-state index >= 15 is 0 Å². The van der Waals surface area contributed by atoms with Gasteiger partial charge in [0.25, 0.3) is 0 Å². The molecule has 2 atom stereocenters. The average Bonchev–Trinajstić information content (AvgIpc) is 3.06. The first kappa shape index (κ1) is 19.9. The molecule has 2 aliphatic rings. The topological polar surface area (TPSA) is 6.25 Å².